The lowest BCUT2D eigenvalue weighted by atomic mass is 10.2. The predicted molar refractivity (Wildman–Crippen MR) is 58.5 cm³/mol. The molecule has 0 fully saturated rings. The molecule has 0 aliphatic heterocycles. The summed E-state index contributed by atoms with van der Waals surface area (Å²) in [6.07, 6.45) is 7.17. The van der Waals surface area contributed by atoms with Gasteiger partial charge in [-0.1, -0.05) is 12.2 Å². The molecule has 1 aromatic heterocycles. The minimum Gasteiger partial charge on any atom is -0.358 e. The Labute approximate surface area is 88.4 Å². The van der Waals surface area contributed by atoms with Crippen LogP contribution in [0, 0.1) is 0 Å². The molecule has 0 spiro atoms. The van der Waals surface area contributed by atoms with Crippen LogP contribution in [0.5, 0.6) is 0 Å². The van der Waals surface area contributed by atoms with Gasteiger partial charge >= 0.3 is 0 Å². The van der Waals surface area contributed by atoms with E-state index in [1.165, 1.54) is 6.92 Å². The summed E-state index contributed by atoms with van der Waals surface area (Å²) in [7, 11) is 0. The molecular weight excluding hydrogens is 192 g/mol. The molecule has 0 bridgehead atoms. The maximum atomic E-state index is 10.5. The number of H-pyrrole nitrogens is 1. The van der Waals surface area contributed by atoms with Crippen LogP contribution < -0.4 is 5.32 Å². The van der Waals surface area contributed by atoms with Crippen molar-refractivity contribution in [2.24, 2.45) is 0 Å². The lowest BCUT2D eigenvalue weighted by Crippen LogP contribution is -2.20. The van der Waals surface area contributed by atoms with E-state index in [0.29, 0.717) is 12.2 Å². The number of hydrogen-bond donors (Lipinski definition) is 2. The Morgan fingerprint density at radius 1 is 1.60 bits per heavy atom. The van der Waals surface area contributed by atoms with E-state index in [1.807, 2.05) is 12.2 Å². The maximum Gasteiger partial charge on any atom is 0.216 e. The van der Waals surface area contributed by atoms with Crippen LogP contribution >= 0.6 is 0 Å². The molecular formula is C11H14N2O2. The summed E-state index contributed by atoms with van der Waals surface area (Å²) >= 11 is 0. The van der Waals surface area contributed by atoms with Gasteiger partial charge in [-0.3, -0.25) is 9.59 Å². The van der Waals surface area contributed by atoms with Crippen LogP contribution in [-0.2, 0) is 4.79 Å². The Bertz CT molecular complexity index is 366. The first kappa shape index (κ1) is 11.2. The molecule has 0 radical (unpaired) electrons. The minimum absolute atomic E-state index is 0.0201. The van der Waals surface area contributed by atoms with Gasteiger partial charge in [0, 0.05) is 19.7 Å². The molecule has 1 amide bonds. The smallest absolute Gasteiger partial charge is 0.216 e. The second-order valence-corrected chi connectivity index (χ2v) is 3.18. The van der Waals surface area contributed by atoms with E-state index in [1.54, 1.807) is 12.3 Å². The van der Waals surface area contributed by atoms with Gasteiger partial charge < -0.3 is 10.3 Å². The molecule has 0 aliphatic rings. The fourth-order valence-corrected chi connectivity index (χ4v) is 1.14. The molecule has 0 aromatic carbocycles. The molecule has 2 N–H and O–H groups in total. The Hall–Kier alpha value is -1.84. The van der Waals surface area contributed by atoms with Gasteiger partial charge in [-0.25, -0.2) is 0 Å². The van der Waals surface area contributed by atoms with Crippen LogP contribution in [0.4, 0.5) is 0 Å². The number of carbonyl (C=O) groups is 2. The number of aldehydes is 1. The Morgan fingerprint density at radius 3 is 3.00 bits per heavy atom. The standard InChI is InChI=1S/C11H14N2O2/c1-9(15)12-5-3-2-4-10-6-11(8-14)13-7-10/h2,4,6-8,13H,3,5H2,1H3,(H,12,15). The SMILES string of the molecule is CC(=O)NCCC=Cc1c[nH]c(C=O)c1. The van der Waals surface area contributed by atoms with Crippen molar-refractivity contribution in [3.63, 3.8) is 0 Å². The molecule has 0 aliphatic carbocycles. The maximum absolute atomic E-state index is 10.5. The van der Waals surface area contributed by atoms with Crippen molar-refractivity contribution < 1.29 is 9.59 Å². The third-order valence-electron chi connectivity index (χ3n) is 1.85. The second kappa shape index (κ2) is 5.80. The Balaban J connectivity index is 2.31. The number of carbonyl (C=O) groups excluding carboxylic acids is 2. The van der Waals surface area contributed by atoms with Crippen LogP contribution in [0.15, 0.2) is 18.3 Å². The highest BCUT2D eigenvalue weighted by Crippen LogP contribution is 2.03. The van der Waals surface area contributed by atoms with Crippen molar-refractivity contribution in [2.45, 2.75) is 13.3 Å². The van der Waals surface area contributed by atoms with E-state index in [4.69, 9.17) is 0 Å². The van der Waals surface area contributed by atoms with E-state index in [9.17, 15) is 9.59 Å². The van der Waals surface area contributed by atoms with Crippen molar-refractivity contribution in [3.05, 3.63) is 29.6 Å². The molecule has 4 nitrogen and oxygen atoms in total. The quantitative estimate of drug-likeness (QED) is 0.564. The van der Waals surface area contributed by atoms with Gasteiger partial charge in [0.15, 0.2) is 6.29 Å². The normalized spacial score (nSPS) is 10.5. The van der Waals surface area contributed by atoms with E-state index in [-0.39, 0.29) is 5.91 Å². The summed E-state index contributed by atoms with van der Waals surface area (Å²) in [6.45, 7) is 2.13. The molecule has 0 atom stereocenters. The summed E-state index contributed by atoms with van der Waals surface area (Å²) in [5.41, 5.74) is 1.52. The molecule has 15 heavy (non-hydrogen) atoms. The first-order valence-corrected chi connectivity index (χ1v) is 4.77. The summed E-state index contributed by atoms with van der Waals surface area (Å²) < 4.78 is 0. The lowest BCUT2D eigenvalue weighted by molar-refractivity contribution is -0.118. The molecule has 0 saturated carbocycles. The largest absolute Gasteiger partial charge is 0.358 e. The van der Waals surface area contributed by atoms with Crippen molar-refractivity contribution in [1.82, 2.24) is 10.3 Å². The van der Waals surface area contributed by atoms with E-state index >= 15 is 0 Å². The fraction of sp³-hybridized carbons (Fsp3) is 0.273. The van der Waals surface area contributed by atoms with E-state index < -0.39 is 0 Å². The van der Waals surface area contributed by atoms with Gasteiger partial charge in [-0.2, -0.15) is 0 Å². The highest BCUT2D eigenvalue weighted by atomic mass is 16.1. The monoisotopic (exact) mass is 206 g/mol. The number of rotatable bonds is 5. The number of aromatic amines is 1. The molecule has 0 saturated heterocycles. The van der Waals surface area contributed by atoms with Crippen LogP contribution in [0.3, 0.4) is 0 Å². The van der Waals surface area contributed by atoms with Crippen LogP contribution in [0.25, 0.3) is 6.08 Å². The summed E-state index contributed by atoms with van der Waals surface area (Å²) in [4.78, 5) is 23.7. The third kappa shape index (κ3) is 4.26. The molecule has 80 valence electrons. The van der Waals surface area contributed by atoms with Gasteiger partial charge in [0.25, 0.3) is 0 Å². The van der Waals surface area contributed by atoms with Gasteiger partial charge in [-0.15, -0.1) is 0 Å². The van der Waals surface area contributed by atoms with Crippen molar-refractivity contribution >= 4 is 18.3 Å². The minimum atomic E-state index is -0.0201. The first-order chi connectivity index (χ1) is 7.22. The van der Waals surface area contributed by atoms with Crippen molar-refractivity contribution in [3.8, 4) is 0 Å². The Morgan fingerprint density at radius 2 is 2.40 bits per heavy atom. The van der Waals surface area contributed by atoms with Gasteiger partial charge in [0.05, 0.1) is 5.69 Å². The number of nitrogens with one attached hydrogen (secondary N) is 2. The van der Waals surface area contributed by atoms with E-state index in [2.05, 4.69) is 10.3 Å². The zero-order valence-electron chi connectivity index (χ0n) is 8.62. The zero-order valence-corrected chi connectivity index (χ0v) is 8.62. The van der Waals surface area contributed by atoms with Crippen LogP contribution in [-0.4, -0.2) is 23.7 Å². The fourth-order valence-electron chi connectivity index (χ4n) is 1.14. The highest BCUT2D eigenvalue weighted by Gasteiger charge is 1.93. The topological polar surface area (TPSA) is 62.0 Å². The zero-order chi connectivity index (χ0) is 11.1. The highest BCUT2D eigenvalue weighted by molar-refractivity contribution is 5.74. The second-order valence-electron chi connectivity index (χ2n) is 3.18. The van der Waals surface area contributed by atoms with Gasteiger partial charge in [0.2, 0.25) is 5.91 Å². The molecule has 4 heteroatoms. The van der Waals surface area contributed by atoms with E-state index in [0.717, 1.165) is 18.3 Å². The summed E-state index contributed by atoms with van der Waals surface area (Å²) in [6, 6.07) is 1.77. The summed E-state index contributed by atoms with van der Waals surface area (Å²) in [5, 5.41) is 2.69. The molecule has 0 unspecified atom stereocenters. The summed E-state index contributed by atoms with van der Waals surface area (Å²) in [5.74, 6) is -0.0201. The number of hydrogen-bond acceptors (Lipinski definition) is 2. The number of aromatic nitrogens is 1. The first-order valence-electron chi connectivity index (χ1n) is 4.77. The van der Waals surface area contributed by atoms with Crippen molar-refractivity contribution in [2.75, 3.05) is 6.54 Å². The molecule has 1 aromatic rings. The lowest BCUT2D eigenvalue weighted by Gasteiger charge is -1.95. The van der Waals surface area contributed by atoms with Gasteiger partial charge in [0.1, 0.15) is 0 Å². The van der Waals surface area contributed by atoms with Crippen LogP contribution in [0.1, 0.15) is 29.4 Å². The average Bonchev–Trinajstić information content (AvgIpc) is 2.65. The molecule has 1 heterocycles. The predicted octanol–water partition coefficient (Wildman–Crippen LogP) is 1.37. The third-order valence-corrected chi connectivity index (χ3v) is 1.85. The molecule has 1 rings (SSSR count). The Kier molecular flexibility index (Phi) is 4.34. The van der Waals surface area contributed by atoms with Crippen molar-refractivity contribution in [1.29, 1.82) is 0 Å². The average molecular weight is 206 g/mol. The van der Waals surface area contributed by atoms with Crippen LogP contribution in [0.2, 0.25) is 0 Å². The number of amides is 1. The van der Waals surface area contributed by atoms with Gasteiger partial charge in [-0.05, 0) is 18.1 Å².